The molecule has 0 aromatic rings. The molecule has 126 valence electrons. The molecule has 0 unspecified atom stereocenters. The first-order valence-corrected chi connectivity index (χ1v) is 7.04. The van der Waals surface area contributed by atoms with Crippen LogP contribution in [0.25, 0.3) is 0 Å². The third kappa shape index (κ3) is 8.20. The molecule has 0 saturated heterocycles. The number of hydrogen-bond donors (Lipinski definition) is 5. The Kier molecular flexibility index (Phi) is 8.76. The number of rotatable bonds is 10. The summed E-state index contributed by atoms with van der Waals surface area (Å²) in [6.45, 7) is 3.52. The zero-order valence-electron chi connectivity index (χ0n) is 12.9. The first kappa shape index (κ1) is 19.8. The maximum atomic E-state index is 12.2. The van der Waals surface area contributed by atoms with Crippen LogP contribution in [0.1, 0.15) is 33.1 Å². The molecule has 22 heavy (non-hydrogen) atoms. The molecule has 0 aromatic heterocycles. The summed E-state index contributed by atoms with van der Waals surface area (Å²) < 4.78 is 0. The van der Waals surface area contributed by atoms with Crippen molar-refractivity contribution in [2.75, 3.05) is 6.54 Å². The van der Waals surface area contributed by atoms with E-state index in [9.17, 15) is 19.2 Å². The van der Waals surface area contributed by atoms with E-state index < -0.39 is 35.7 Å². The van der Waals surface area contributed by atoms with E-state index in [1.807, 2.05) is 13.8 Å². The molecule has 0 aliphatic rings. The van der Waals surface area contributed by atoms with Gasteiger partial charge in [-0.15, -0.1) is 0 Å². The fourth-order valence-electron chi connectivity index (χ4n) is 1.80. The van der Waals surface area contributed by atoms with Gasteiger partial charge in [0, 0.05) is 6.42 Å². The van der Waals surface area contributed by atoms with Gasteiger partial charge in [0.25, 0.3) is 0 Å². The largest absolute Gasteiger partial charge is 0.370 e. The zero-order chi connectivity index (χ0) is 17.3. The minimum absolute atomic E-state index is 0.00956. The SMILES string of the molecule is CC(C)C[C@H](NC(=O)CN)C(=O)N[C@@H](CCC(N)=O)C(N)=O. The molecule has 9 nitrogen and oxygen atoms in total. The Morgan fingerprint density at radius 1 is 1.00 bits per heavy atom. The molecule has 4 amide bonds. The van der Waals surface area contributed by atoms with Crippen LogP contribution in [0.4, 0.5) is 0 Å². The zero-order valence-corrected chi connectivity index (χ0v) is 12.9. The van der Waals surface area contributed by atoms with E-state index in [0.29, 0.717) is 6.42 Å². The number of primary amides is 2. The van der Waals surface area contributed by atoms with Gasteiger partial charge in [0.1, 0.15) is 12.1 Å². The van der Waals surface area contributed by atoms with Gasteiger partial charge in [-0.3, -0.25) is 19.2 Å². The number of carbonyl (C=O) groups excluding carboxylic acids is 4. The molecule has 0 bridgehead atoms. The van der Waals surface area contributed by atoms with E-state index >= 15 is 0 Å². The monoisotopic (exact) mass is 315 g/mol. The van der Waals surface area contributed by atoms with E-state index in [0.717, 1.165) is 0 Å². The highest BCUT2D eigenvalue weighted by molar-refractivity contribution is 5.92. The van der Waals surface area contributed by atoms with Crippen LogP contribution in [-0.4, -0.2) is 42.3 Å². The molecule has 0 aromatic carbocycles. The van der Waals surface area contributed by atoms with Gasteiger partial charge < -0.3 is 27.8 Å². The fourth-order valence-corrected chi connectivity index (χ4v) is 1.80. The minimum atomic E-state index is -1.02. The van der Waals surface area contributed by atoms with Gasteiger partial charge >= 0.3 is 0 Å². The Morgan fingerprint density at radius 3 is 2.00 bits per heavy atom. The maximum Gasteiger partial charge on any atom is 0.243 e. The van der Waals surface area contributed by atoms with Crippen LogP contribution < -0.4 is 27.8 Å². The van der Waals surface area contributed by atoms with Crippen LogP contribution >= 0.6 is 0 Å². The second-order valence-electron chi connectivity index (χ2n) is 5.42. The normalized spacial score (nSPS) is 13.3. The number of hydrogen-bond acceptors (Lipinski definition) is 5. The van der Waals surface area contributed by atoms with Crippen LogP contribution in [0.5, 0.6) is 0 Å². The highest BCUT2D eigenvalue weighted by atomic mass is 16.2. The summed E-state index contributed by atoms with van der Waals surface area (Å²) in [5, 5.41) is 4.92. The Morgan fingerprint density at radius 2 is 1.59 bits per heavy atom. The van der Waals surface area contributed by atoms with Crippen molar-refractivity contribution in [2.24, 2.45) is 23.1 Å². The number of nitrogens with one attached hydrogen (secondary N) is 2. The Labute approximate surface area is 129 Å². The van der Waals surface area contributed by atoms with Crippen molar-refractivity contribution in [3.63, 3.8) is 0 Å². The van der Waals surface area contributed by atoms with Gasteiger partial charge in [0.05, 0.1) is 6.54 Å². The lowest BCUT2D eigenvalue weighted by Gasteiger charge is -2.22. The van der Waals surface area contributed by atoms with Crippen molar-refractivity contribution in [3.8, 4) is 0 Å². The molecule has 8 N–H and O–H groups in total. The summed E-state index contributed by atoms with van der Waals surface area (Å²) in [6.07, 6.45) is 0.298. The number of nitrogens with two attached hydrogens (primary N) is 3. The van der Waals surface area contributed by atoms with Crippen LogP contribution in [0, 0.1) is 5.92 Å². The highest BCUT2D eigenvalue weighted by Crippen LogP contribution is 2.06. The topological polar surface area (TPSA) is 170 Å². The smallest absolute Gasteiger partial charge is 0.243 e. The molecule has 0 radical (unpaired) electrons. The van der Waals surface area contributed by atoms with Crippen molar-refractivity contribution in [2.45, 2.75) is 45.2 Å². The lowest BCUT2D eigenvalue weighted by Crippen LogP contribution is -2.54. The second kappa shape index (κ2) is 9.72. The first-order chi connectivity index (χ1) is 10.2. The average Bonchev–Trinajstić information content (AvgIpc) is 2.41. The third-order valence-corrected chi connectivity index (χ3v) is 2.88. The van der Waals surface area contributed by atoms with E-state index in [1.165, 1.54) is 0 Å². The van der Waals surface area contributed by atoms with Crippen molar-refractivity contribution in [1.29, 1.82) is 0 Å². The van der Waals surface area contributed by atoms with Gasteiger partial charge in [-0.05, 0) is 18.8 Å². The van der Waals surface area contributed by atoms with Crippen LogP contribution in [-0.2, 0) is 19.2 Å². The van der Waals surface area contributed by atoms with E-state index in [2.05, 4.69) is 10.6 Å². The third-order valence-electron chi connectivity index (χ3n) is 2.88. The standard InChI is InChI=1S/C13H25N5O4/c1-7(2)5-9(17-11(20)6-14)13(22)18-8(12(16)21)3-4-10(15)19/h7-9H,3-6,14H2,1-2H3,(H2,15,19)(H2,16,21)(H,17,20)(H,18,22)/t8-,9-/m0/s1. The predicted octanol–water partition coefficient (Wildman–Crippen LogP) is -2.29. The molecule has 0 saturated carbocycles. The lowest BCUT2D eigenvalue weighted by atomic mass is 10.0. The molecule has 0 aliphatic heterocycles. The summed E-state index contributed by atoms with van der Waals surface area (Å²) in [5.41, 5.74) is 15.4. The van der Waals surface area contributed by atoms with Crippen molar-refractivity contribution in [3.05, 3.63) is 0 Å². The molecule has 0 heterocycles. The Balaban J connectivity index is 4.83. The van der Waals surface area contributed by atoms with E-state index in [1.54, 1.807) is 0 Å². The summed E-state index contributed by atoms with van der Waals surface area (Å²) in [4.78, 5) is 45.7. The van der Waals surface area contributed by atoms with Crippen molar-refractivity contribution in [1.82, 2.24) is 10.6 Å². The highest BCUT2D eigenvalue weighted by Gasteiger charge is 2.26. The summed E-state index contributed by atoms with van der Waals surface area (Å²) in [7, 11) is 0. The quantitative estimate of drug-likeness (QED) is 0.305. The average molecular weight is 315 g/mol. The Bertz CT molecular complexity index is 425. The van der Waals surface area contributed by atoms with Crippen molar-refractivity contribution >= 4 is 23.6 Å². The molecular formula is C13H25N5O4. The molecule has 0 aliphatic carbocycles. The van der Waals surface area contributed by atoms with Gasteiger partial charge in [-0.25, -0.2) is 0 Å². The van der Waals surface area contributed by atoms with E-state index in [4.69, 9.17) is 17.2 Å². The first-order valence-electron chi connectivity index (χ1n) is 7.04. The maximum absolute atomic E-state index is 12.2. The lowest BCUT2D eigenvalue weighted by molar-refractivity contribution is -0.131. The number of carbonyl (C=O) groups is 4. The summed E-state index contributed by atoms with van der Waals surface area (Å²) in [5.74, 6) is -2.28. The van der Waals surface area contributed by atoms with Crippen LogP contribution in [0.15, 0.2) is 0 Å². The molecule has 0 rings (SSSR count). The molecular weight excluding hydrogens is 290 g/mol. The minimum Gasteiger partial charge on any atom is -0.370 e. The van der Waals surface area contributed by atoms with Gasteiger partial charge in [-0.1, -0.05) is 13.8 Å². The van der Waals surface area contributed by atoms with Crippen LogP contribution in [0.3, 0.4) is 0 Å². The van der Waals surface area contributed by atoms with E-state index in [-0.39, 0.29) is 25.3 Å². The molecule has 9 heteroatoms. The van der Waals surface area contributed by atoms with Gasteiger partial charge in [0.15, 0.2) is 0 Å². The summed E-state index contributed by atoms with van der Waals surface area (Å²) in [6, 6.07) is -1.85. The number of amides is 4. The van der Waals surface area contributed by atoms with Crippen molar-refractivity contribution < 1.29 is 19.2 Å². The molecule has 2 atom stereocenters. The van der Waals surface area contributed by atoms with Gasteiger partial charge in [-0.2, -0.15) is 0 Å². The summed E-state index contributed by atoms with van der Waals surface area (Å²) >= 11 is 0. The second-order valence-corrected chi connectivity index (χ2v) is 5.42. The fraction of sp³-hybridized carbons (Fsp3) is 0.692. The molecule has 0 fully saturated rings. The Hall–Kier alpha value is -2.16. The molecule has 0 spiro atoms. The predicted molar refractivity (Wildman–Crippen MR) is 80.0 cm³/mol. The van der Waals surface area contributed by atoms with Gasteiger partial charge in [0.2, 0.25) is 23.6 Å². The van der Waals surface area contributed by atoms with Crippen LogP contribution in [0.2, 0.25) is 0 Å².